The molecule has 0 radical (unpaired) electrons. The molecule has 148 valence electrons. The number of hydrogen-bond donors (Lipinski definition) is 2. The van der Waals surface area contributed by atoms with Crippen molar-refractivity contribution in [3.8, 4) is 0 Å². The number of benzene rings is 1. The van der Waals surface area contributed by atoms with Crippen LogP contribution >= 0.6 is 0 Å². The summed E-state index contributed by atoms with van der Waals surface area (Å²) in [5, 5.41) is 5.43. The van der Waals surface area contributed by atoms with Crippen molar-refractivity contribution in [2.45, 2.75) is 44.3 Å². The maximum atomic E-state index is 12.9. The van der Waals surface area contributed by atoms with Crippen LogP contribution in [-0.2, 0) is 16.1 Å². The maximum absolute atomic E-state index is 12.9. The molecule has 4 rings (SSSR count). The number of imide groups is 2. The van der Waals surface area contributed by atoms with Gasteiger partial charge in [0, 0.05) is 25.6 Å². The first kappa shape index (κ1) is 18.8. The molecule has 0 saturated carbocycles. The van der Waals surface area contributed by atoms with Crippen LogP contribution < -0.4 is 10.6 Å². The lowest BCUT2D eigenvalue weighted by Crippen LogP contribution is -2.54. The zero-order chi connectivity index (χ0) is 19.8. The number of carbonyl (C=O) groups is 4. The van der Waals surface area contributed by atoms with Crippen LogP contribution in [0.3, 0.4) is 0 Å². The minimum atomic E-state index is -0.924. The lowest BCUT2D eigenvalue weighted by Gasteiger charge is -2.27. The number of piperidine rings is 1. The molecule has 2 atom stereocenters. The second kappa shape index (κ2) is 7.44. The number of nitrogens with zero attached hydrogens (tertiary/aromatic N) is 2. The predicted molar refractivity (Wildman–Crippen MR) is 100 cm³/mol. The van der Waals surface area contributed by atoms with Crippen LogP contribution in [0.15, 0.2) is 18.2 Å². The Hall–Kier alpha value is -2.58. The van der Waals surface area contributed by atoms with Crippen molar-refractivity contribution >= 4 is 23.6 Å². The number of nitrogens with one attached hydrogen (secondary N) is 2. The highest BCUT2D eigenvalue weighted by Gasteiger charge is 2.44. The number of likely N-dealkylation sites (tertiary alicyclic amines) is 1. The first-order valence-electron chi connectivity index (χ1n) is 9.72. The van der Waals surface area contributed by atoms with E-state index in [1.54, 1.807) is 12.1 Å². The van der Waals surface area contributed by atoms with E-state index in [4.69, 9.17) is 0 Å². The van der Waals surface area contributed by atoms with Gasteiger partial charge in [0.25, 0.3) is 11.8 Å². The van der Waals surface area contributed by atoms with Crippen LogP contribution in [0.5, 0.6) is 0 Å². The largest absolute Gasteiger partial charge is 0.318 e. The average molecular weight is 384 g/mol. The van der Waals surface area contributed by atoms with Gasteiger partial charge in [0.05, 0.1) is 11.1 Å². The minimum Gasteiger partial charge on any atom is -0.318 e. The third kappa shape index (κ3) is 3.22. The van der Waals surface area contributed by atoms with E-state index in [1.165, 1.54) is 0 Å². The molecule has 0 aliphatic carbocycles. The lowest BCUT2D eigenvalue weighted by molar-refractivity contribution is -0.136. The van der Waals surface area contributed by atoms with Gasteiger partial charge in [-0.15, -0.1) is 0 Å². The van der Waals surface area contributed by atoms with Crippen LogP contribution in [0, 0.1) is 0 Å². The Balaban J connectivity index is 1.54. The predicted octanol–water partition coefficient (Wildman–Crippen LogP) is 0.272. The molecule has 2 N–H and O–H groups in total. The highest BCUT2D eigenvalue weighted by molar-refractivity contribution is 6.23. The summed E-state index contributed by atoms with van der Waals surface area (Å²) < 4.78 is 0. The number of rotatable bonds is 5. The van der Waals surface area contributed by atoms with E-state index >= 15 is 0 Å². The van der Waals surface area contributed by atoms with Crippen LogP contribution in [0.1, 0.15) is 52.0 Å². The smallest absolute Gasteiger partial charge is 0.262 e. The number of carbonyl (C=O) groups excluding carboxylic acids is 4. The van der Waals surface area contributed by atoms with E-state index in [-0.39, 0.29) is 18.7 Å². The molecular weight excluding hydrogens is 360 g/mol. The summed E-state index contributed by atoms with van der Waals surface area (Å²) in [5.74, 6) is -1.88. The zero-order valence-electron chi connectivity index (χ0n) is 15.9. The molecule has 1 aromatic carbocycles. The zero-order valence-corrected chi connectivity index (χ0v) is 15.9. The molecule has 0 spiro atoms. The van der Waals surface area contributed by atoms with Gasteiger partial charge in [-0.25, -0.2) is 0 Å². The second-order valence-electron chi connectivity index (χ2n) is 7.65. The third-order valence-electron chi connectivity index (χ3n) is 5.83. The number of likely N-dealkylation sites (N-methyl/N-ethyl adjacent to an activating group) is 1. The molecule has 3 aliphatic heterocycles. The van der Waals surface area contributed by atoms with Gasteiger partial charge in [0.2, 0.25) is 11.8 Å². The van der Waals surface area contributed by atoms with Crippen molar-refractivity contribution in [2.75, 3.05) is 20.1 Å². The molecule has 0 aromatic heterocycles. The fourth-order valence-corrected chi connectivity index (χ4v) is 4.42. The topological polar surface area (TPSA) is 98.8 Å². The summed E-state index contributed by atoms with van der Waals surface area (Å²) in [7, 11) is 1.94. The summed E-state index contributed by atoms with van der Waals surface area (Å²) in [5.41, 5.74) is 1.65. The monoisotopic (exact) mass is 384 g/mol. The Morgan fingerprint density at radius 1 is 1.11 bits per heavy atom. The van der Waals surface area contributed by atoms with Crippen molar-refractivity contribution in [2.24, 2.45) is 0 Å². The quantitative estimate of drug-likeness (QED) is 0.707. The Kier molecular flexibility index (Phi) is 4.99. The normalized spacial score (nSPS) is 25.4. The molecular formula is C20H24N4O4. The standard InChI is InChI=1S/C20H24N4O4/c1-21-10-13-3-2-8-23(13)11-12-4-5-14-15(9-12)20(28)24(19(14)27)16-6-7-17(25)22-18(16)26/h4-5,9,13,16,21H,2-3,6-8,10-11H2,1H3,(H,22,25,26)/t13-,16?/m0/s1. The summed E-state index contributed by atoms with van der Waals surface area (Å²) >= 11 is 0. The molecule has 8 nitrogen and oxygen atoms in total. The van der Waals surface area contributed by atoms with E-state index in [2.05, 4.69) is 15.5 Å². The molecule has 4 amide bonds. The van der Waals surface area contributed by atoms with Gasteiger partial charge < -0.3 is 5.32 Å². The highest BCUT2D eigenvalue weighted by Crippen LogP contribution is 2.29. The van der Waals surface area contributed by atoms with Crippen LogP contribution in [0.2, 0.25) is 0 Å². The molecule has 2 saturated heterocycles. The SMILES string of the molecule is CNC[C@@H]1CCCN1Cc1ccc2c(c1)C(=O)N(C1CCC(=O)NC1=O)C2=O. The Morgan fingerprint density at radius 3 is 2.64 bits per heavy atom. The van der Waals surface area contributed by atoms with E-state index in [9.17, 15) is 19.2 Å². The van der Waals surface area contributed by atoms with Gasteiger partial charge >= 0.3 is 0 Å². The van der Waals surface area contributed by atoms with Gasteiger partial charge in [-0.2, -0.15) is 0 Å². The van der Waals surface area contributed by atoms with Gasteiger partial charge in [-0.05, 0) is 50.6 Å². The van der Waals surface area contributed by atoms with Crippen LogP contribution in [-0.4, -0.2) is 65.6 Å². The van der Waals surface area contributed by atoms with Gasteiger partial charge in [-0.3, -0.25) is 34.3 Å². The third-order valence-corrected chi connectivity index (χ3v) is 5.83. The molecule has 1 aromatic rings. The van der Waals surface area contributed by atoms with E-state index in [0.29, 0.717) is 17.2 Å². The van der Waals surface area contributed by atoms with Crippen molar-refractivity contribution < 1.29 is 19.2 Å². The van der Waals surface area contributed by atoms with Gasteiger partial charge in [0.1, 0.15) is 6.04 Å². The van der Waals surface area contributed by atoms with E-state index in [1.807, 2.05) is 13.1 Å². The highest BCUT2D eigenvalue weighted by atomic mass is 16.2. The van der Waals surface area contributed by atoms with Gasteiger partial charge in [-0.1, -0.05) is 6.07 Å². The first-order chi connectivity index (χ1) is 13.5. The fourth-order valence-electron chi connectivity index (χ4n) is 4.42. The lowest BCUT2D eigenvalue weighted by atomic mass is 10.0. The number of amides is 4. The Morgan fingerprint density at radius 2 is 1.89 bits per heavy atom. The number of fused-ring (bicyclic) bond motifs is 1. The summed E-state index contributed by atoms with van der Waals surface area (Å²) in [6, 6.07) is 4.88. The van der Waals surface area contributed by atoms with E-state index < -0.39 is 23.8 Å². The summed E-state index contributed by atoms with van der Waals surface area (Å²) in [4.78, 5) is 52.6. The van der Waals surface area contributed by atoms with E-state index in [0.717, 1.165) is 42.9 Å². The average Bonchev–Trinajstić information content (AvgIpc) is 3.19. The Labute approximate surface area is 163 Å². The fraction of sp³-hybridized carbons (Fsp3) is 0.500. The molecule has 8 heteroatoms. The van der Waals surface area contributed by atoms with Crippen molar-refractivity contribution in [3.63, 3.8) is 0 Å². The van der Waals surface area contributed by atoms with Crippen LogP contribution in [0.25, 0.3) is 0 Å². The first-order valence-corrected chi connectivity index (χ1v) is 9.72. The maximum Gasteiger partial charge on any atom is 0.262 e. The molecule has 2 fully saturated rings. The molecule has 3 aliphatic rings. The van der Waals surface area contributed by atoms with Crippen molar-refractivity contribution in [1.29, 1.82) is 0 Å². The Bertz CT molecular complexity index is 853. The molecule has 3 heterocycles. The van der Waals surface area contributed by atoms with Crippen molar-refractivity contribution in [3.05, 3.63) is 34.9 Å². The summed E-state index contributed by atoms with van der Waals surface area (Å²) in [6.45, 7) is 2.66. The number of hydrogen-bond acceptors (Lipinski definition) is 6. The molecule has 1 unspecified atom stereocenters. The van der Waals surface area contributed by atoms with Crippen LogP contribution in [0.4, 0.5) is 0 Å². The molecule has 0 bridgehead atoms. The summed E-state index contributed by atoms with van der Waals surface area (Å²) in [6.07, 6.45) is 2.59. The second-order valence-corrected chi connectivity index (χ2v) is 7.65. The van der Waals surface area contributed by atoms with Crippen molar-refractivity contribution in [1.82, 2.24) is 20.4 Å². The minimum absolute atomic E-state index is 0.122. The molecule has 28 heavy (non-hydrogen) atoms. The van der Waals surface area contributed by atoms with Gasteiger partial charge in [0.15, 0.2) is 0 Å².